The van der Waals surface area contributed by atoms with Gasteiger partial charge in [-0.15, -0.1) is 10.2 Å². The first-order valence-electron chi connectivity index (χ1n) is 9.25. The van der Waals surface area contributed by atoms with Crippen LogP contribution in [-0.2, 0) is 11.3 Å². The molecule has 1 aliphatic rings. The molecule has 1 aliphatic heterocycles. The van der Waals surface area contributed by atoms with Gasteiger partial charge in [0, 0.05) is 30.2 Å². The summed E-state index contributed by atoms with van der Waals surface area (Å²) in [5.74, 6) is 1.66. The van der Waals surface area contributed by atoms with Gasteiger partial charge >= 0.3 is 0 Å². The number of hydrogen-bond acceptors (Lipinski definition) is 4. The fourth-order valence-electron chi connectivity index (χ4n) is 3.16. The molecule has 1 aromatic carbocycles. The van der Waals surface area contributed by atoms with Crippen LogP contribution >= 0.6 is 35.0 Å². The van der Waals surface area contributed by atoms with E-state index in [9.17, 15) is 4.79 Å². The van der Waals surface area contributed by atoms with Crippen LogP contribution in [0.15, 0.2) is 23.4 Å². The molecule has 0 aliphatic carbocycles. The minimum atomic E-state index is 0.171. The summed E-state index contributed by atoms with van der Waals surface area (Å²) in [5, 5.41) is 10.6. The standard InChI is InChI=1S/C19H24Cl2N4OS/c1-13(2)11-25-18(15-7-6-14(20)10-16(15)21)22-23-19(25)27-12-17(26)24-8-4-3-5-9-24/h6-7,10,13H,3-5,8-9,11-12H2,1-2H3. The highest BCUT2D eigenvalue weighted by atomic mass is 35.5. The van der Waals surface area contributed by atoms with Gasteiger partial charge in [0.05, 0.1) is 10.8 Å². The van der Waals surface area contributed by atoms with Gasteiger partial charge in [0.1, 0.15) is 0 Å². The highest BCUT2D eigenvalue weighted by molar-refractivity contribution is 7.99. The molecule has 146 valence electrons. The number of hydrogen-bond donors (Lipinski definition) is 0. The molecule has 0 N–H and O–H groups in total. The van der Waals surface area contributed by atoms with Gasteiger partial charge in [-0.3, -0.25) is 4.79 Å². The quantitative estimate of drug-likeness (QED) is 0.608. The molecule has 27 heavy (non-hydrogen) atoms. The van der Waals surface area contributed by atoms with Gasteiger partial charge in [0.2, 0.25) is 5.91 Å². The van der Waals surface area contributed by atoms with E-state index in [2.05, 4.69) is 24.0 Å². The SMILES string of the molecule is CC(C)Cn1c(SCC(=O)N2CCCCC2)nnc1-c1ccc(Cl)cc1Cl. The molecule has 2 aromatic rings. The summed E-state index contributed by atoms with van der Waals surface area (Å²) in [6, 6.07) is 5.36. The minimum Gasteiger partial charge on any atom is -0.342 e. The minimum absolute atomic E-state index is 0.171. The molecule has 1 aromatic heterocycles. The fourth-order valence-corrected chi connectivity index (χ4v) is 4.50. The number of thioether (sulfide) groups is 1. The smallest absolute Gasteiger partial charge is 0.233 e. The second kappa shape index (κ2) is 9.30. The van der Waals surface area contributed by atoms with Gasteiger partial charge in [-0.1, -0.05) is 48.8 Å². The van der Waals surface area contributed by atoms with E-state index in [0.717, 1.165) is 43.2 Å². The number of likely N-dealkylation sites (tertiary alicyclic amines) is 1. The summed E-state index contributed by atoms with van der Waals surface area (Å²) in [5.41, 5.74) is 0.795. The highest BCUT2D eigenvalue weighted by Crippen LogP contribution is 2.32. The van der Waals surface area contributed by atoms with E-state index in [4.69, 9.17) is 23.2 Å². The molecule has 1 amide bonds. The van der Waals surface area contributed by atoms with E-state index >= 15 is 0 Å². The molecule has 0 atom stereocenters. The third-order valence-corrected chi connectivity index (χ3v) is 5.97. The molecule has 1 saturated heterocycles. The van der Waals surface area contributed by atoms with E-state index < -0.39 is 0 Å². The molecule has 5 nitrogen and oxygen atoms in total. The van der Waals surface area contributed by atoms with Crippen LogP contribution in [0, 0.1) is 5.92 Å². The van der Waals surface area contributed by atoms with Crippen LogP contribution in [0.25, 0.3) is 11.4 Å². The molecule has 2 heterocycles. The molecule has 0 radical (unpaired) electrons. The van der Waals surface area contributed by atoms with Crippen LogP contribution in [-0.4, -0.2) is 44.4 Å². The number of halogens is 2. The Morgan fingerprint density at radius 2 is 1.93 bits per heavy atom. The van der Waals surface area contributed by atoms with Crippen LogP contribution < -0.4 is 0 Å². The lowest BCUT2D eigenvalue weighted by atomic mass is 10.1. The lowest BCUT2D eigenvalue weighted by molar-refractivity contribution is -0.129. The number of carbonyl (C=O) groups is 1. The van der Waals surface area contributed by atoms with Gasteiger partial charge in [-0.05, 0) is 43.4 Å². The summed E-state index contributed by atoms with van der Waals surface area (Å²) in [6.07, 6.45) is 3.41. The predicted octanol–water partition coefficient (Wildman–Crippen LogP) is 5.01. The average molecular weight is 427 g/mol. The Morgan fingerprint density at radius 1 is 1.19 bits per heavy atom. The van der Waals surface area contributed by atoms with E-state index in [1.165, 1.54) is 18.2 Å². The van der Waals surface area contributed by atoms with Crippen molar-refractivity contribution >= 4 is 40.9 Å². The first kappa shape index (κ1) is 20.5. The molecule has 0 bridgehead atoms. The Morgan fingerprint density at radius 3 is 2.59 bits per heavy atom. The van der Waals surface area contributed by atoms with Crippen LogP contribution in [0.4, 0.5) is 0 Å². The molecular formula is C19H24Cl2N4OS. The van der Waals surface area contributed by atoms with Crippen LogP contribution in [0.5, 0.6) is 0 Å². The Balaban J connectivity index is 1.80. The van der Waals surface area contributed by atoms with Crippen LogP contribution in [0.2, 0.25) is 10.0 Å². The topological polar surface area (TPSA) is 51.0 Å². The maximum absolute atomic E-state index is 12.5. The lowest BCUT2D eigenvalue weighted by Crippen LogP contribution is -2.36. The molecule has 1 fully saturated rings. The van der Waals surface area contributed by atoms with Crippen LogP contribution in [0.3, 0.4) is 0 Å². The van der Waals surface area contributed by atoms with E-state index in [0.29, 0.717) is 27.5 Å². The molecule has 0 spiro atoms. The molecule has 0 saturated carbocycles. The van der Waals surface area contributed by atoms with E-state index in [1.807, 2.05) is 15.5 Å². The normalized spacial score (nSPS) is 14.8. The Bertz CT molecular complexity index is 803. The maximum Gasteiger partial charge on any atom is 0.233 e. The van der Waals surface area contributed by atoms with E-state index in [1.54, 1.807) is 12.1 Å². The molecule has 8 heteroatoms. The number of aromatic nitrogens is 3. The average Bonchev–Trinajstić information content (AvgIpc) is 3.02. The second-order valence-electron chi connectivity index (χ2n) is 7.16. The van der Waals surface area contributed by atoms with Crippen molar-refractivity contribution in [1.29, 1.82) is 0 Å². The van der Waals surface area contributed by atoms with Crippen molar-refractivity contribution in [2.75, 3.05) is 18.8 Å². The van der Waals surface area contributed by atoms with Crippen molar-refractivity contribution in [3.63, 3.8) is 0 Å². The van der Waals surface area contributed by atoms with Crippen molar-refractivity contribution < 1.29 is 4.79 Å². The summed E-state index contributed by atoms with van der Waals surface area (Å²) in [6.45, 7) is 6.76. The summed E-state index contributed by atoms with van der Waals surface area (Å²) in [4.78, 5) is 14.4. The largest absolute Gasteiger partial charge is 0.342 e. The van der Waals surface area contributed by atoms with Crippen LogP contribution in [0.1, 0.15) is 33.1 Å². The summed E-state index contributed by atoms with van der Waals surface area (Å²) in [7, 11) is 0. The monoisotopic (exact) mass is 426 g/mol. The number of rotatable bonds is 6. The number of piperidine rings is 1. The Labute approximate surface area is 174 Å². The Hall–Kier alpha value is -1.24. The third kappa shape index (κ3) is 5.18. The van der Waals surface area contributed by atoms with Gasteiger partial charge in [-0.2, -0.15) is 0 Å². The van der Waals surface area contributed by atoms with Crippen molar-refractivity contribution in [2.24, 2.45) is 5.92 Å². The molecular weight excluding hydrogens is 403 g/mol. The number of nitrogens with zero attached hydrogens (tertiary/aromatic N) is 4. The lowest BCUT2D eigenvalue weighted by Gasteiger charge is -2.26. The van der Waals surface area contributed by atoms with Gasteiger partial charge in [0.15, 0.2) is 11.0 Å². The van der Waals surface area contributed by atoms with Crippen molar-refractivity contribution in [3.05, 3.63) is 28.2 Å². The highest BCUT2D eigenvalue weighted by Gasteiger charge is 2.21. The van der Waals surface area contributed by atoms with Gasteiger partial charge in [0.25, 0.3) is 0 Å². The van der Waals surface area contributed by atoms with Crippen molar-refractivity contribution in [1.82, 2.24) is 19.7 Å². The van der Waals surface area contributed by atoms with Crippen molar-refractivity contribution in [3.8, 4) is 11.4 Å². The van der Waals surface area contributed by atoms with Gasteiger partial charge in [-0.25, -0.2) is 0 Å². The number of carbonyl (C=O) groups excluding carboxylic acids is 1. The Kier molecular flexibility index (Phi) is 7.06. The number of amides is 1. The maximum atomic E-state index is 12.5. The van der Waals surface area contributed by atoms with E-state index in [-0.39, 0.29) is 5.91 Å². The zero-order valence-electron chi connectivity index (χ0n) is 15.6. The number of benzene rings is 1. The van der Waals surface area contributed by atoms with Gasteiger partial charge < -0.3 is 9.47 Å². The predicted molar refractivity (Wildman–Crippen MR) is 111 cm³/mol. The van der Waals surface area contributed by atoms with Crippen molar-refractivity contribution in [2.45, 2.75) is 44.8 Å². The summed E-state index contributed by atoms with van der Waals surface area (Å²) >= 11 is 13.8. The molecule has 3 rings (SSSR count). The fraction of sp³-hybridized carbons (Fsp3) is 0.526. The third-order valence-electron chi connectivity index (χ3n) is 4.47. The zero-order chi connectivity index (χ0) is 19.4. The summed E-state index contributed by atoms with van der Waals surface area (Å²) < 4.78 is 2.05. The zero-order valence-corrected chi connectivity index (χ0v) is 17.9. The second-order valence-corrected chi connectivity index (χ2v) is 8.95. The first-order valence-corrected chi connectivity index (χ1v) is 11.0. The molecule has 0 unspecified atom stereocenters. The first-order chi connectivity index (χ1) is 13.0.